The lowest BCUT2D eigenvalue weighted by atomic mass is 10.6. The number of halogens is 1. The molecule has 0 aliphatic heterocycles. The summed E-state index contributed by atoms with van der Waals surface area (Å²) >= 11 is 0. The van der Waals surface area contributed by atoms with Gasteiger partial charge in [0.05, 0.1) is 0 Å². The number of nitrogens with zero attached hydrogens (tertiary/aromatic N) is 2. The van der Waals surface area contributed by atoms with E-state index >= 15 is 0 Å². The summed E-state index contributed by atoms with van der Waals surface area (Å²) < 4.78 is 12.0. The molecular formula is C5H5FN2. The minimum Gasteiger partial charge on any atom is -0.241 e. The molecule has 1 aromatic heterocycles. The van der Waals surface area contributed by atoms with E-state index in [0.29, 0.717) is 5.82 Å². The Kier molecular flexibility index (Phi) is 1.20. The molecule has 8 heavy (non-hydrogen) atoms. The van der Waals surface area contributed by atoms with Crippen molar-refractivity contribution in [3.05, 3.63) is 24.0 Å². The third-order valence-electron chi connectivity index (χ3n) is 0.742. The highest BCUT2D eigenvalue weighted by Gasteiger charge is 1.87. The Morgan fingerprint density at radius 3 is 2.75 bits per heavy atom. The zero-order valence-corrected chi connectivity index (χ0v) is 4.43. The van der Waals surface area contributed by atoms with Gasteiger partial charge < -0.3 is 0 Å². The van der Waals surface area contributed by atoms with Gasteiger partial charge >= 0.3 is 0 Å². The molecule has 0 fully saturated rings. The van der Waals surface area contributed by atoms with E-state index in [2.05, 4.69) is 9.97 Å². The molecule has 0 unspecified atom stereocenters. The topological polar surface area (TPSA) is 25.8 Å². The summed E-state index contributed by atoms with van der Waals surface area (Å²) in [5, 5.41) is 0. The molecule has 0 atom stereocenters. The van der Waals surface area contributed by atoms with Crippen LogP contribution in [0.1, 0.15) is 5.82 Å². The van der Waals surface area contributed by atoms with Crippen molar-refractivity contribution in [2.45, 2.75) is 6.92 Å². The Hall–Kier alpha value is -0.990. The summed E-state index contributed by atoms with van der Waals surface area (Å²) in [5.74, 6) is -0.0116. The van der Waals surface area contributed by atoms with Crippen molar-refractivity contribution in [2.75, 3.05) is 0 Å². The van der Waals surface area contributed by atoms with Gasteiger partial charge in [-0.15, -0.1) is 0 Å². The van der Waals surface area contributed by atoms with Crippen LogP contribution in [0.2, 0.25) is 0 Å². The number of hydrogen-bond donors (Lipinski definition) is 0. The maximum Gasteiger partial charge on any atom is 0.216 e. The van der Waals surface area contributed by atoms with Crippen molar-refractivity contribution in [1.82, 2.24) is 9.97 Å². The van der Waals surface area contributed by atoms with Crippen LogP contribution in [0.25, 0.3) is 0 Å². The van der Waals surface area contributed by atoms with Crippen LogP contribution in [0.15, 0.2) is 12.3 Å². The van der Waals surface area contributed by atoms with Crippen LogP contribution < -0.4 is 0 Å². The molecule has 0 radical (unpaired) electrons. The SMILES string of the molecule is Cc1nccc(F)n1. The predicted octanol–water partition coefficient (Wildman–Crippen LogP) is 0.924. The molecule has 0 aliphatic carbocycles. The van der Waals surface area contributed by atoms with Crippen LogP contribution in [0, 0.1) is 12.9 Å². The Labute approximate surface area is 46.4 Å². The van der Waals surface area contributed by atoms with E-state index in [1.54, 1.807) is 6.92 Å². The molecule has 0 saturated heterocycles. The Morgan fingerprint density at radius 1 is 1.62 bits per heavy atom. The van der Waals surface area contributed by atoms with Crippen molar-refractivity contribution in [1.29, 1.82) is 0 Å². The first kappa shape index (κ1) is 5.15. The fourth-order valence-corrected chi connectivity index (χ4v) is 0.427. The number of aryl methyl sites for hydroxylation is 1. The van der Waals surface area contributed by atoms with E-state index in [4.69, 9.17) is 0 Å². The van der Waals surface area contributed by atoms with Crippen molar-refractivity contribution in [3.63, 3.8) is 0 Å². The minimum atomic E-state index is -0.475. The molecule has 3 heteroatoms. The van der Waals surface area contributed by atoms with Crippen LogP contribution in [0.5, 0.6) is 0 Å². The molecule has 0 saturated carbocycles. The third kappa shape index (κ3) is 0.992. The summed E-state index contributed by atoms with van der Waals surface area (Å²) in [6, 6.07) is 1.22. The summed E-state index contributed by atoms with van der Waals surface area (Å²) in [5.41, 5.74) is 0. The first-order chi connectivity index (χ1) is 3.79. The molecule has 0 spiro atoms. The maximum absolute atomic E-state index is 12.0. The van der Waals surface area contributed by atoms with Crippen molar-refractivity contribution >= 4 is 0 Å². The molecular weight excluding hydrogens is 107 g/mol. The second-order valence-electron chi connectivity index (χ2n) is 1.43. The largest absolute Gasteiger partial charge is 0.241 e. The van der Waals surface area contributed by atoms with Gasteiger partial charge in [-0.1, -0.05) is 0 Å². The smallest absolute Gasteiger partial charge is 0.216 e. The fraction of sp³-hybridized carbons (Fsp3) is 0.200. The Morgan fingerprint density at radius 2 is 2.38 bits per heavy atom. The Balaban J connectivity index is 3.08. The summed E-state index contributed by atoms with van der Waals surface area (Å²) in [6.07, 6.45) is 1.39. The first-order valence-electron chi connectivity index (χ1n) is 2.24. The summed E-state index contributed by atoms with van der Waals surface area (Å²) in [4.78, 5) is 7.08. The molecule has 0 aliphatic rings. The highest BCUT2D eigenvalue weighted by Crippen LogP contribution is 1.88. The Bertz CT molecular complexity index is 170. The van der Waals surface area contributed by atoms with E-state index in [-0.39, 0.29) is 0 Å². The third-order valence-corrected chi connectivity index (χ3v) is 0.742. The summed E-state index contributed by atoms with van der Waals surface area (Å²) in [6.45, 7) is 1.64. The van der Waals surface area contributed by atoms with E-state index in [1.807, 2.05) is 0 Å². The summed E-state index contributed by atoms with van der Waals surface area (Å²) in [7, 11) is 0. The number of aromatic nitrogens is 2. The van der Waals surface area contributed by atoms with Gasteiger partial charge in [-0.2, -0.15) is 4.39 Å². The fourth-order valence-electron chi connectivity index (χ4n) is 0.427. The molecule has 0 bridgehead atoms. The monoisotopic (exact) mass is 112 g/mol. The lowest BCUT2D eigenvalue weighted by molar-refractivity contribution is 0.574. The molecule has 2 nitrogen and oxygen atoms in total. The van der Waals surface area contributed by atoms with Gasteiger partial charge in [-0.05, 0) is 6.92 Å². The maximum atomic E-state index is 12.0. The normalized spacial score (nSPS) is 9.25. The van der Waals surface area contributed by atoms with E-state index < -0.39 is 5.95 Å². The van der Waals surface area contributed by atoms with Gasteiger partial charge in [0, 0.05) is 12.3 Å². The lowest BCUT2D eigenvalue weighted by Crippen LogP contribution is -1.87. The molecule has 1 rings (SSSR count). The number of rotatable bonds is 0. The van der Waals surface area contributed by atoms with E-state index in [1.165, 1.54) is 12.3 Å². The van der Waals surface area contributed by atoms with Crippen molar-refractivity contribution in [3.8, 4) is 0 Å². The van der Waals surface area contributed by atoms with E-state index in [0.717, 1.165) is 0 Å². The second-order valence-corrected chi connectivity index (χ2v) is 1.43. The van der Waals surface area contributed by atoms with Gasteiger partial charge in [-0.3, -0.25) is 0 Å². The van der Waals surface area contributed by atoms with Gasteiger partial charge in [0.1, 0.15) is 5.82 Å². The highest BCUT2D eigenvalue weighted by molar-refractivity contribution is 4.87. The first-order valence-corrected chi connectivity index (χ1v) is 2.24. The standard InChI is InChI=1S/C5H5FN2/c1-4-7-3-2-5(6)8-4/h2-3H,1H3. The average Bonchev–Trinajstić information content (AvgIpc) is 1.64. The van der Waals surface area contributed by atoms with Crippen LogP contribution in [0.4, 0.5) is 4.39 Å². The second kappa shape index (κ2) is 1.86. The predicted molar refractivity (Wildman–Crippen MR) is 26.7 cm³/mol. The van der Waals surface area contributed by atoms with E-state index in [9.17, 15) is 4.39 Å². The van der Waals surface area contributed by atoms with Gasteiger partial charge in [0.2, 0.25) is 5.95 Å². The minimum absolute atomic E-state index is 0.463. The van der Waals surface area contributed by atoms with Gasteiger partial charge in [-0.25, -0.2) is 9.97 Å². The average molecular weight is 112 g/mol. The van der Waals surface area contributed by atoms with Gasteiger partial charge in [0.25, 0.3) is 0 Å². The van der Waals surface area contributed by atoms with Crippen LogP contribution in [-0.2, 0) is 0 Å². The molecule has 0 amide bonds. The molecule has 0 N–H and O–H groups in total. The highest BCUT2D eigenvalue weighted by atomic mass is 19.1. The molecule has 1 heterocycles. The van der Waals surface area contributed by atoms with Crippen LogP contribution in [0.3, 0.4) is 0 Å². The molecule has 0 aromatic carbocycles. The molecule has 42 valence electrons. The van der Waals surface area contributed by atoms with Crippen molar-refractivity contribution < 1.29 is 4.39 Å². The lowest BCUT2D eigenvalue weighted by Gasteiger charge is -1.86. The zero-order valence-electron chi connectivity index (χ0n) is 4.43. The number of hydrogen-bond acceptors (Lipinski definition) is 2. The quantitative estimate of drug-likeness (QED) is 0.466. The zero-order chi connectivity index (χ0) is 5.98. The van der Waals surface area contributed by atoms with Crippen LogP contribution in [-0.4, -0.2) is 9.97 Å². The van der Waals surface area contributed by atoms with Crippen LogP contribution >= 0.6 is 0 Å². The molecule has 1 aromatic rings. The van der Waals surface area contributed by atoms with Gasteiger partial charge in [0.15, 0.2) is 0 Å². The van der Waals surface area contributed by atoms with Crippen molar-refractivity contribution in [2.24, 2.45) is 0 Å².